The quantitative estimate of drug-likeness (QED) is 0.162. The van der Waals surface area contributed by atoms with E-state index in [1.807, 2.05) is 0 Å². The van der Waals surface area contributed by atoms with Crippen molar-refractivity contribution in [2.75, 3.05) is 9.80 Å². The van der Waals surface area contributed by atoms with Crippen LogP contribution in [0, 0.1) is 0 Å². The molecule has 1 aliphatic carbocycles. The molecule has 4 heteroatoms. The van der Waals surface area contributed by atoms with Crippen molar-refractivity contribution >= 4 is 79.0 Å². The summed E-state index contributed by atoms with van der Waals surface area (Å²) < 4.78 is 12.2. The van der Waals surface area contributed by atoms with E-state index in [0.717, 1.165) is 35.6 Å². The summed E-state index contributed by atoms with van der Waals surface area (Å²) >= 11 is 0. The number of hydrogen-bond donors (Lipinski definition) is 0. The van der Waals surface area contributed by atoms with Gasteiger partial charge in [-0.2, -0.15) is 0 Å². The lowest BCUT2D eigenvalue weighted by atomic mass is 9.33. The van der Waals surface area contributed by atoms with Crippen molar-refractivity contribution < 1.29 is 1.37 Å². The summed E-state index contributed by atoms with van der Waals surface area (Å²) in [5, 5.41) is 2.75. The number of rotatable bonds is 2. The molecule has 0 saturated heterocycles. The molecule has 3 nitrogen and oxygen atoms in total. The summed E-state index contributed by atoms with van der Waals surface area (Å²) in [5.74, 6) is 0. The first-order valence-electron chi connectivity index (χ1n) is 22.4. The number of nitrogens with zero attached hydrogens (tertiary/aromatic N) is 3. The third kappa shape index (κ3) is 5.83. The zero-order chi connectivity index (χ0) is 42.4. The molecule has 3 aliphatic rings. The number of hydrogen-bond acceptors (Lipinski definition) is 2. The fourth-order valence-electron chi connectivity index (χ4n) is 10.5. The maximum atomic E-state index is 9.53. The van der Waals surface area contributed by atoms with Crippen LogP contribution in [-0.4, -0.2) is 11.3 Å². The normalized spacial score (nSPS) is 15.4. The maximum absolute atomic E-state index is 9.53. The molecule has 59 heavy (non-hydrogen) atoms. The van der Waals surface area contributed by atoms with E-state index < -0.39 is 0 Å². The lowest BCUT2D eigenvalue weighted by molar-refractivity contribution is 0.423. The molecule has 0 bridgehead atoms. The van der Waals surface area contributed by atoms with Crippen molar-refractivity contribution in [2.24, 2.45) is 0 Å². The highest BCUT2D eigenvalue weighted by atomic mass is 15.2. The van der Waals surface area contributed by atoms with Gasteiger partial charge in [-0.15, -0.1) is 0 Å². The Morgan fingerprint density at radius 2 is 1.05 bits per heavy atom. The average Bonchev–Trinajstić information content (AvgIpc) is 3.78. The van der Waals surface area contributed by atoms with E-state index in [-0.39, 0.29) is 28.5 Å². The summed E-state index contributed by atoms with van der Waals surface area (Å²) in [6, 6.07) is 40.3. The van der Waals surface area contributed by atoms with Gasteiger partial charge in [0, 0.05) is 61.5 Å². The Hall–Kier alpha value is -5.22. The van der Waals surface area contributed by atoms with Crippen molar-refractivity contribution in [2.45, 2.75) is 124 Å². The zero-order valence-electron chi connectivity index (χ0n) is 38.4. The van der Waals surface area contributed by atoms with E-state index in [9.17, 15) is 1.37 Å². The van der Waals surface area contributed by atoms with E-state index in [2.05, 4.69) is 201 Å². The van der Waals surface area contributed by atoms with Gasteiger partial charge >= 0.3 is 0 Å². The molecule has 0 unspecified atom stereocenters. The van der Waals surface area contributed by atoms with Gasteiger partial charge in [0.15, 0.2) is 0 Å². The number of aryl methyl sites for hydroxylation is 2. The Kier molecular flexibility index (Phi) is 7.90. The molecule has 3 heterocycles. The van der Waals surface area contributed by atoms with Crippen molar-refractivity contribution in [1.29, 1.82) is 0 Å². The van der Waals surface area contributed by atoms with Crippen molar-refractivity contribution in [3.05, 3.63) is 137 Å². The largest absolute Gasteiger partial charge is 0.335 e. The first-order valence-corrected chi connectivity index (χ1v) is 21.9. The molecule has 2 aliphatic heterocycles. The van der Waals surface area contributed by atoms with Gasteiger partial charge in [-0.05, 0) is 161 Å². The highest BCUT2D eigenvalue weighted by Gasteiger charge is 2.44. The Balaban J connectivity index is 1.34. The molecule has 1 aromatic heterocycles. The minimum atomic E-state index is -0.138. The summed E-state index contributed by atoms with van der Waals surface area (Å²) in [6.45, 7) is 27.7. The van der Waals surface area contributed by atoms with Crippen LogP contribution in [0.2, 0.25) is 0 Å². The average molecular weight is 775 g/mol. The summed E-state index contributed by atoms with van der Waals surface area (Å²) in [5.41, 5.74) is 20.2. The molecule has 0 radical (unpaired) electrons. The van der Waals surface area contributed by atoms with Gasteiger partial charge in [0.25, 0.3) is 6.71 Å². The Morgan fingerprint density at radius 1 is 0.508 bits per heavy atom. The predicted molar refractivity (Wildman–Crippen MR) is 257 cm³/mol. The summed E-state index contributed by atoms with van der Waals surface area (Å²) in [6.07, 6.45) is 3.48. The van der Waals surface area contributed by atoms with E-state index in [4.69, 9.17) is 0 Å². The second-order valence-corrected chi connectivity index (χ2v) is 21.7. The lowest BCUT2D eigenvalue weighted by Gasteiger charge is -2.44. The van der Waals surface area contributed by atoms with Crippen LogP contribution in [0.3, 0.4) is 0 Å². The first kappa shape index (κ1) is 36.8. The van der Waals surface area contributed by atoms with Crippen LogP contribution in [0.15, 0.2) is 109 Å². The molecule has 298 valence electrons. The third-order valence-electron chi connectivity index (χ3n) is 13.6. The topological polar surface area (TPSA) is 11.4 Å². The minimum Gasteiger partial charge on any atom is -0.335 e. The standard InChI is InChI=1S/C55H60BN3/c1-52(2,3)35-20-25-38(26-21-35)57-44-30-24-37(54(7,8)9)31-42(44)56-43-33-48-41(50-40-16-13-15-34(40)19-29-45(50)59(48)55(10,11)12)32-49(43)58(47-18-14-17-46(57)51(47)56)39-27-22-36(23-28-39)53(4,5)6/h14,17-33H,13,15-16H2,1-12H3/i14D. The van der Waals surface area contributed by atoms with Crippen LogP contribution < -0.4 is 26.2 Å². The molecule has 6 aromatic carbocycles. The van der Waals surface area contributed by atoms with E-state index in [1.54, 1.807) is 0 Å². The molecule has 0 amide bonds. The SMILES string of the molecule is [2H]c1cc2c3c(c1)N(c1ccc(C(C)(C)C)cc1)c1cc4c5c6c(ccc5n(C(C)(C)C)c4cc1B3c1cc(C(C)(C)C)ccc1N2c1ccc(C(C)(C)C)cc1)CCC6. The molecule has 0 fully saturated rings. The number of anilines is 6. The second-order valence-electron chi connectivity index (χ2n) is 21.7. The summed E-state index contributed by atoms with van der Waals surface area (Å²) in [4.78, 5) is 4.94. The Morgan fingerprint density at radius 3 is 1.61 bits per heavy atom. The van der Waals surface area contributed by atoms with Crippen molar-refractivity contribution in [1.82, 2.24) is 4.57 Å². The molecule has 0 spiro atoms. The molecular formula is C55H60BN3. The predicted octanol–water partition coefficient (Wildman–Crippen LogP) is 13.0. The van der Waals surface area contributed by atoms with Gasteiger partial charge in [0.05, 0.1) is 1.37 Å². The van der Waals surface area contributed by atoms with Gasteiger partial charge in [-0.3, -0.25) is 0 Å². The monoisotopic (exact) mass is 774 g/mol. The number of benzene rings is 6. The Labute approximate surface area is 354 Å². The van der Waals surface area contributed by atoms with Crippen LogP contribution in [0.4, 0.5) is 34.1 Å². The highest BCUT2D eigenvalue weighted by Crippen LogP contribution is 2.48. The third-order valence-corrected chi connectivity index (χ3v) is 13.6. The van der Waals surface area contributed by atoms with Gasteiger partial charge in [0.1, 0.15) is 0 Å². The van der Waals surface area contributed by atoms with Gasteiger partial charge in [0.2, 0.25) is 0 Å². The molecule has 0 saturated carbocycles. The fourth-order valence-corrected chi connectivity index (χ4v) is 10.5. The van der Waals surface area contributed by atoms with E-state index in [1.165, 1.54) is 83.8 Å². The lowest BCUT2D eigenvalue weighted by Crippen LogP contribution is -2.61. The van der Waals surface area contributed by atoms with Gasteiger partial charge in [-0.1, -0.05) is 111 Å². The highest BCUT2D eigenvalue weighted by molar-refractivity contribution is 7.00. The van der Waals surface area contributed by atoms with Crippen LogP contribution in [-0.2, 0) is 34.6 Å². The smallest absolute Gasteiger partial charge is 0.252 e. The molecule has 10 rings (SSSR count). The number of fused-ring (bicyclic) bond motifs is 9. The molecule has 0 N–H and O–H groups in total. The van der Waals surface area contributed by atoms with Gasteiger partial charge in [-0.25, -0.2) is 0 Å². The molecular weight excluding hydrogens is 713 g/mol. The fraction of sp³-hybridized carbons (Fsp3) is 0.345. The molecule has 7 aromatic rings. The van der Waals surface area contributed by atoms with Crippen LogP contribution in [0.1, 0.15) is 119 Å². The van der Waals surface area contributed by atoms with Crippen molar-refractivity contribution in [3.8, 4) is 0 Å². The van der Waals surface area contributed by atoms with E-state index in [0.29, 0.717) is 6.04 Å². The maximum Gasteiger partial charge on any atom is 0.252 e. The first-order chi connectivity index (χ1) is 28.2. The van der Waals surface area contributed by atoms with E-state index >= 15 is 0 Å². The van der Waals surface area contributed by atoms with Crippen LogP contribution >= 0.6 is 0 Å². The summed E-state index contributed by atoms with van der Waals surface area (Å²) in [7, 11) is 0. The van der Waals surface area contributed by atoms with Crippen molar-refractivity contribution in [3.63, 3.8) is 0 Å². The molecule has 0 atom stereocenters. The zero-order valence-corrected chi connectivity index (χ0v) is 37.4. The van der Waals surface area contributed by atoms with Gasteiger partial charge < -0.3 is 14.4 Å². The Bertz CT molecular complexity index is 2890. The number of aromatic nitrogens is 1. The van der Waals surface area contributed by atoms with Crippen LogP contribution in [0.25, 0.3) is 21.8 Å². The minimum absolute atomic E-state index is 0.0303. The van der Waals surface area contributed by atoms with Crippen LogP contribution in [0.5, 0.6) is 0 Å². The second kappa shape index (κ2) is 12.6.